The minimum atomic E-state index is 0.232. The first kappa shape index (κ1) is 6.97. The van der Waals surface area contributed by atoms with Crippen LogP contribution in [0.4, 0.5) is 0 Å². The molecule has 0 atom stereocenters. The van der Waals surface area contributed by atoms with Gasteiger partial charge in [0.25, 0.3) is 0 Å². The van der Waals surface area contributed by atoms with Crippen molar-refractivity contribution in [3.8, 4) is 5.88 Å². The second-order valence-electron chi connectivity index (χ2n) is 3.02. The van der Waals surface area contributed by atoms with Crippen molar-refractivity contribution in [2.75, 3.05) is 0 Å². The zero-order valence-corrected chi connectivity index (χ0v) is 7.56. The molecule has 0 amide bonds. The Bertz CT molecular complexity index is 579. The molecule has 0 saturated heterocycles. The molecule has 2 nitrogen and oxygen atoms in total. The van der Waals surface area contributed by atoms with Crippen LogP contribution in [-0.2, 0) is 0 Å². The Morgan fingerprint density at radius 1 is 1.15 bits per heavy atom. The summed E-state index contributed by atoms with van der Waals surface area (Å²) in [6.45, 7) is 0. The Morgan fingerprint density at radius 2 is 2.00 bits per heavy atom. The molecule has 3 heteroatoms. The Kier molecular flexibility index (Phi) is 1.21. The third-order valence-electron chi connectivity index (χ3n) is 2.20. The van der Waals surface area contributed by atoms with Gasteiger partial charge in [-0.05, 0) is 16.8 Å². The number of fused-ring (bicyclic) bond motifs is 3. The van der Waals surface area contributed by atoms with Crippen molar-refractivity contribution in [3.63, 3.8) is 0 Å². The molecule has 0 radical (unpaired) electrons. The lowest BCUT2D eigenvalue weighted by Crippen LogP contribution is -1.67. The van der Waals surface area contributed by atoms with Gasteiger partial charge in [-0.3, -0.25) is 0 Å². The number of hydrogen-bond donors (Lipinski definition) is 2. The fourth-order valence-corrected chi connectivity index (χ4v) is 2.52. The lowest BCUT2D eigenvalue weighted by molar-refractivity contribution is 0.458. The molecule has 0 bridgehead atoms. The van der Waals surface area contributed by atoms with Crippen LogP contribution in [0.3, 0.4) is 0 Å². The Morgan fingerprint density at radius 3 is 2.92 bits per heavy atom. The molecule has 0 unspecified atom stereocenters. The quantitative estimate of drug-likeness (QED) is 0.560. The van der Waals surface area contributed by atoms with Gasteiger partial charge in [0.15, 0.2) is 5.88 Å². The van der Waals surface area contributed by atoms with Crippen molar-refractivity contribution in [1.82, 2.24) is 4.98 Å². The summed E-state index contributed by atoms with van der Waals surface area (Å²) < 4.78 is 1.21. The molecule has 0 fully saturated rings. The summed E-state index contributed by atoms with van der Waals surface area (Å²) in [5, 5.41) is 13.6. The highest BCUT2D eigenvalue weighted by atomic mass is 32.1. The van der Waals surface area contributed by atoms with Crippen molar-refractivity contribution in [2.24, 2.45) is 0 Å². The van der Waals surface area contributed by atoms with Gasteiger partial charge in [-0.15, -0.1) is 11.3 Å². The van der Waals surface area contributed by atoms with Crippen molar-refractivity contribution in [1.29, 1.82) is 0 Å². The van der Waals surface area contributed by atoms with E-state index in [4.69, 9.17) is 0 Å². The van der Waals surface area contributed by atoms with Gasteiger partial charge in [-0.2, -0.15) is 0 Å². The van der Waals surface area contributed by atoms with Gasteiger partial charge in [-0.25, -0.2) is 0 Å². The second kappa shape index (κ2) is 2.26. The van der Waals surface area contributed by atoms with Crippen LogP contribution in [-0.4, -0.2) is 10.1 Å². The molecule has 13 heavy (non-hydrogen) atoms. The van der Waals surface area contributed by atoms with Crippen molar-refractivity contribution in [2.45, 2.75) is 0 Å². The normalized spacial score (nSPS) is 11.4. The van der Waals surface area contributed by atoms with E-state index in [1.165, 1.54) is 10.1 Å². The molecule has 0 saturated carbocycles. The second-order valence-corrected chi connectivity index (χ2v) is 3.94. The molecule has 2 aromatic heterocycles. The van der Waals surface area contributed by atoms with Gasteiger partial charge in [0.1, 0.15) is 0 Å². The van der Waals surface area contributed by atoms with E-state index >= 15 is 0 Å². The first-order valence-electron chi connectivity index (χ1n) is 4.02. The molecule has 64 valence electrons. The summed E-state index contributed by atoms with van der Waals surface area (Å²) >= 11 is 1.69. The first-order valence-corrected chi connectivity index (χ1v) is 4.90. The monoisotopic (exact) mass is 189 g/mol. The number of rotatable bonds is 0. The summed E-state index contributed by atoms with van der Waals surface area (Å²) in [5.41, 5.74) is 1.03. The van der Waals surface area contributed by atoms with Crippen LogP contribution in [0.5, 0.6) is 5.88 Å². The highest BCUT2D eigenvalue weighted by molar-refractivity contribution is 7.18. The molecular formula is C10H7NOS. The van der Waals surface area contributed by atoms with Crippen LogP contribution in [0.15, 0.2) is 29.6 Å². The van der Waals surface area contributed by atoms with Crippen LogP contribution >= 0.6 is 11.3 Å². The van der Waals surface area contributed by atoms with E-state index in [0.717, 1.165) is 10.9 Å². The number of hydrogen-bond acceptors (Lipinski definition) is 2. The molecule has 0 aliphatic rings. The predicted molar refractivity (Wildman–Crippen MR) is 55.3 cm³/mol. The molecule has 1 aromatic carbocycles. The van der Waals surface area contributed by atoms with E-state index in [-0.39, 0.29) is 5.88 Å². The van der Waals surface area contributed by atoms with Crippen LogP contribution in [0.2, 0.25) is 0 Å². The minimum absolute atomic E-state index is 0.232. The van der Waals surface area contributed by atoms with E-state index in [1.54, 1.807) is 17.4 Å². The van der Waals surface area contributed by atoms with Crippen molar-refractivity contribution < 1.29 is 5.11 Å². The fraction of sp³-hybridized carbons (Fsp3) is 0. The van der Waals surface area contributed by atoms with Crippen molar-refractivity contribution >= 4 is 32.3 Å². The highest BCUT2D eigenvalue weighted by Crippen LogP contribution is 2.30. The van der Waals surface area contributed by atoms with Crippen LogP contribution in [0.25, 0.3) is 21.0 Å². The molecule has 0 aliphatic heterocycles. The molecule has 0 aliphatic carbocycles. The zero-order valence-electron chi connectivity index (χ0n) is 6.74. The van der Waals surface area contributed by atoms with Gasteiger partial charge in [-0.1, -0.05) is 12.1 Å². The van der Waals surface area contributed by atoms with E-state index in [1.807, 2.05) is 6.07 Å². The standard InChI is InChI=1S/C10H7NOS/c12-8-5-7-2-1-6-3-4-13-10(6)9(7)11-8/h1-5,11-12H. The van der Waals surface area contributed by atoms with Gasteiger partial charge in [0.05, 0.1) is 10.2 Å². The van der Waals surface area contributed by atoms with Crippen molar-refractivity contribution in [3.05, 3.63) is 29.6 Å². The summed E-state index contributed by atoms with van der Waals surface area (Å²) in [4.78, 5) is 2.95. The van der Waals surface area contributed by atoms with E-state index in [2.05, 4.69) is 22.5 Å². The maximum Gasteiger partial charge on any atom is 0.189 e. The summed E-state index contributed by atoms with van der Waals surface area (Å²) in [7, 11) is 0. The molecule has 3 rings (SSSR count). The third kappa shape index (κ3) is 0.876. The smallest absolute Gasteiger partial charge is 0.189 e. The topological polar surface area (TPSA) is 36.0 Å². The van der Waals surface area contributed by atoms with Gasteiger partial charge in [0, 0.05) is 11.5 Å². The number of aromatic hydroxyl groups is 1. The number of benzene rings is 1. The Hall–Kier alpha value is -1.48. The predicted octanol–water partition coefficient (Wildman–Crippen LogP) is 3.09. The summed E-state index contributed by atoms with van der Waals surface area (Å²) in [5.74, 6) is 0.232. The van der Waals surface area contributed by atoms with Crippen LogP contribution < -0.4 is 0 Å². The maximum atomic E-state index is 9.30. The van der Waals surface area contributed by atoms with Gasteiger partial charge < -0.3 is 10.1 Å². The maximum absolute atomic E-state index is 9.30. The molecule has 0 spiro atoms. The number of H-pyrrole nitrogens is 1. The number of thiophene rings is 1. The fourth-order valence-electron chi connectivity index (χ4n) is 1.61. The average molecular weight is 189 g/mol. The van der Waals surface area contributed by atoms with Crippen LogP contribution in [0, 0.1) is 0 Å². The Labute approximate surface area is 78.4 Å². The minimum Gasteiger partial charge on any atom is -0.495 e. The van der Waals surface area contributed by atoms with E-state index in [0.29, 0.717) is 0 Å². The summed E-state index contributed by atoms with van der Waals surface area (Å²) in [6, 6.07) is 7.91. The molecule has 3 aromatic rings. The third-order valence-corrected chi connectivity index (χ3v) is 3.15. The number of aromatic nitrogens is 1. The SMILES string of the molecule is Oc1cc2ccc3ccsc3c2[nH]1. The molecule has 2 heterocycles. The Balaban J connectivity index is 2.64. The zero-order chi connectivity index (χ0) is 8.84. The van der Waals surface area contributed by atoms with E-state index in [9.17, 15) is 5.11 Å². The summed E-state index contributed by atoms with van der Waals surface area (Å²) in [6.07, 6.45) is 0. The first-order chi connectivity index (χ1) is 6.34. The number of nitrogens with one attached hydrogen (secondary N) is 1. The van der Waals surface area contributed by atoms with E-state index < -0.39 is 0 Å². The lowest BCUT2D eigenvalue weighted by Gasteiger charge is -1.90. The molecular weight excluding hydrogens is 182 g/mol. The lowest BCUT2D eigenvalue weighted by atomic mass is 10.2. The highest BCUT2D eigenvalue weighted by Gasteiger charge is 2.04. The van der Waals surface area contributed by atoms with Gasteiger partial charge >= 0.3 is 0 Å². The largest absolute Gasteiger partial charge is 0.495 e. The molecule has 2 N–H and O–H groups in total. The van der Waals surface area contributed by atoms with Crippen LogP contribution in [0.1, 0.15) is 0 Å². The number of aromatic amines is 1. The average Bonchev–Trinajstić information content (AvgIpc) is 2.65. The van der Waals surface area contributed by atoms with Gasteiger partial charge in [0.2, 0.25) is 0 Å².